The van der Waals surface area contributed by atoms with E-state index in [4.69, 9.17) is 0 Å². The van der Waals surface area contributed by atoms with Crippen LogP contribution in [0.4, 0.5) is 0 Å². The van der Waals surface area contributed by atoms with Gasteiger partial charge in [-0.15, -0.1) is 0 Å². The highest BCUT2D eigenvalue weighted by molar-refractivity contribution is 4.79. The summed E-state index contributed by atoms with van der Waals surface area (Å²) in [6, 6.07) is 0. The summed E-state index contributed by atoms with van der Waals surface area (Å²) in [5, 5.41) is 3.65. The first-order chi connectivity index (χ1) is 7.68. The van der Waals surface area contributed by atoms with Crippen molar-refractivity contribution in [1.82, 2.24) is 5.32 Å². The molecule has 17 heavy (non-hydrogen) atoms. The second kappa shape index (κ2) is 7.41. The highest BCUT2D eigenvalue weighted by atomic mass is 14.9. The Morgan fingerprint density at radius 3 is 1.94 bits per heavy atom. The quantitative estimate of drug-likeness (QED) is 0.639. The summed E-state index contributed by atoms with van der Waals surface area (Å²) < 4.78 is 0. The van der Waals surface area contributed by atoms with E-state index in [0.29, 0.717) is 10.8 Å². The molecule has 0 fully saturated rings. The predicted octanol–water partition coefficient (Wildman–Crippen LogP) is 4.86. The largest absolute Gasteiger partial charge is 0.316 e. The number of hydrogen-bond acceptors (Lipinski definition) is 1. The molecule has 0 aromatic carbocycles. The standard InChI is InChI=1S/C16H35N/c1-8-9-16(7,11-10-15(4,5)6)13-17-12-14(2)3/h14,17H,8-13H2,1-7H3. The van der Waals surface area contributed by atoms with E-state index in [0.717, 1.165) is 12.5 Å². The molecule has 0 saturated heterocycles. The molecule has 0 heterocycles. The third-order valence-electron chi connectivity index (χ3n) is 3.44. The maximum atomic E-state index is 3.65. The third-order valence-corrected chi connectivity index (χ3v) is 3.44. The van der Waals surface area contributed by atoms with Crippen molar-refractivity contribution in [2.45, 2.75) is 74.1 Å². The molecule has 1 atom stereocenters. The predicted molar refractivity (Wildman–Crippen MR) is 79.4 cm³/mol. The van der Waals surface area contributed by atoms with Crippen molar-refractivity contribution < 1.29 is 0 Å². The van der Waals surface area contributed by atoms with Crippen molar-refractivity contribution in [1.29, 1.82) is 0 Å². The van der Waals surface area contributed by atoms with Crippen molar-refractivity contribution in [3.05, 3.63) is 0 Å². The highest BCUT2D eigenvalue weighted by Crippen LogP contribution is 2.33. The Balaban J connectivity index is 4.15. The van der Waals surface area contributed by atoms with Gasteiger partial charge in [0, 0.05) is 6.54 Å². The summed E-state index contributed by atoms with van der Waals surface area (Å²) in [7, 11) is 0. The van der Waals surface area contributed by atoms with Crippen LogP contribution in [-0.2, 0) is 0 Å². The molecule has 0 aromatic heterocycles. The molecule has 0 amide bonds. The molecule has 104 valence electrons. The van der Waals surface area contributed by atoms with Crippen LogP contribution in [0.3, 0.4) is 0 Å². The molecule has 0 aliphatic rings. The van der Waals surface area contributed by atoms with Crippen LogP contribution >= 0.6 is 0 Å². The molecule has 1 heteroatoms. The maximum absolute atomic E-state index is 3.65. The zero-order chi connectivity index (χ0) is 13.5. The van der Waals surface area contributed by atoms with E-state index in [1.165, 1.54) is 32.2 Å². The van der Waals surface area contributed by atoms with Crippen LogP contribution in [0.25, 0.3) is 0 Å². The second-order valence-corrected chi connectivity index (χ2v) is 7.65. The summed E-state index contributed by atoms with van der Waals surface area (Å²) in [6.45, 7) is 18.7. The van der Waals surface area contributed by atoms with Crippen molar-refractivity contribution in [3.8, 4) is 0 Å². The van der Waals surface area contributed by atoms with Gasteiger partial charge in [-0.2, -0.15) is 0 Å². The fourth-order valence-corrected chi connectivity index (χ4v) is 2.24. The zero-order valence-electron chi connectivity index (χ0n) is 13.3. The minimum absolute atomic E-state index is 0.465. The van der Waals surface area contributed by atoms with Crippen molar-refractivity contribution in [3.63, 3.8) is 0 Å². The van der Waals surface area contributed by atoms with Gasteiger partial charge in [0.1, 0.15) is 0 Å². The van der Waals surface area contributed by atoms with Gasteiger partial charge in [0.15, 0.2) is 0 Å². The minimum Gasteiger partial charge on any atom is -0.316 e. The average molecular weight is 241 g/mol. The van der Waals surface area contributed by atoms with Crippen molar-refractivity contribution in [2.75, 3.05) is 13.1 Å². The zero-order valence-corrected chi connectivity index (χ0v) is 13.3. The molecular weight excluding hydrogens is 206 g/mol. The molecule has 0 aliphatic carbocycles. The van der Waals surface area contributed by atoms with E-state index in [9.17, 15) is 0 Å². The molecule has 1 unspecified atom stereocenters. The van der Waals surface area contributed by atoms with Crippen molar-refractivity contribution in [2.24, 2.45) is 16.7 Å². The lowest BCUT2D eigenvalue weighted by Crippen LogP contribution is -2.34. The third kappa shape index (κ3) is 9.64. The molecule has 0 aliphatic heterocycles. The van der Waals surface area contributed by atoms with Crippen LogP contribution in [0, 0.1) is 16.7 Å². The first-order valence-corrected chi connectivity index (χ1v) is 7.39. The van der Waals surface area contributed by atoms with Gasteiger partial charge in [-0.3, -0.25) is 0 Å². The Bertz CT molecular complexity index is 190. The van der Waals surface area contributed by atoms with Gasteiger partial charge < -0.3 is 5.32 Å². The monoisotopic (exact) mass is 241 g/mol. The number of hydrogen-bond donors (Lipinski definition) is 1. The van der Waals surface area contributed by atoms with Gasteiger partial charge in [-0.25, -0.2) is 0 Å². The molecule has 1 nitrogen and oxygen atoms in total. The summed E-state index contributed by atoms with van der Waals surface area (Å²) >= 11 is 0. The second-order valence-electron chi connectivity index (χ2n) is 7.65. The number of nitrogens with one attached hydrogen (secondary N) is 1. The van der Waals surface area contributed by atoms with E-state index >= 15 is 0 Å². The SMILES string of the molecule is CCCC(C)(CCC(C)(C)C)CNCC(C)C. The van der Waals surface area contributed by atoms with Gasteiger partial charge in [0.25, 0.3) is 0 Å². The van der Waals surface area contributed by atoms with Crippen molar-refractivity contribution >= 4 is 0 Å². The Morgan fingerprint density at radius 1 is 0.941 bits per heavy atom. The van der Waals surface area contributed by atoms with Crippen LogP contribution in [0.1, 0.15) is 74.1 Å². The Kier molecular flexibility index (Phi) is 7.39. The maximum Gasteiger partial charge on any atom is 0.000527 e. The lowest BCUT2D eigenvalue weighted by atomic mass is 9.76. The van der Waals surface area contributed by atoms with Gasteiger partial charge in [0.2, 0.25) is 0 Å². The smallest absolute Gasteiger partial charge is 0.000527 e. The fraction of sp³-hybridized carbons (Fsp3) is 1.00. The molecule has 1 N–H and O–H groups in total. The first-order valence-electron chi connectivity index (χ1n) is 7.39. The van der Waals surface area contributed by atoms with Gasteiger partial charge in [0.05, 0.1) is 0 Å². The fourth-order valence-electron chi connectivity index (χ4n) is 2.24. The van der Waals surface area contributed by atoms with E-state index < -0.39 is 0 Å². The van der Waals surface area contributed by atoms with E-state index in [1.807, 2.05) is 0 Å². The van der Waals surface area contributed by atoms with Gasteiger partial charge in [-0.1, -0.05) is 54.9 Å². The highest BCUT2D eigenvalue weighted by Gasteiger charge is 2.25. The average Bonchev–Trinajstić information content (AvgIpc) is 2.14. The van der Waals surface area contributed by atoms with E-state index in [1.54, 1.807) is 0 Å². The molecule has 0 rings (SSSR count). The normalized spacial score (nSPS) is 16.2. The summed E-state index contributed by atoms with van der Waals surface area (Å²) in [5.41, 5.74) is 0.948. The minimum atomic E-state index is 0.465. The van der Waals surface area contributed by atoms with Crippen LogP contribution in [-0.4, -0.2) is 13.1 Å². The first kappa shape index (κ1) is 17.0. The Labute approximate surface area is 110 Å². The van der Waals surface area contributed by atoms with Crippen LogP contribution in [0.5, 0.6) is 0 Å². The van der Waals surface area contributed by atoms with Gasteiger partial charge in [-0.05, 0) is 42.6 Å². The molecule has 0 saturated carbocycles. The Morgan fingerprint density at radius 2 is 1.53 bits per heavy atom. The van der Waals surface area contributed by atoms with Crippen LogP contribution < -0.4 is 5.32 Å². The van der Waals surface area contributed by atoms with Gasteiger partial charge >= 0.3 is 0 Å². The molecule has 0 bridgehead atoms. The lowest BCUT2D eigenvalue weighted by Gasteiger charge is -2.33. The molecule has 0 spiro atoms. The molecule has 0 radical (unpaired) electrons. The van der Waals surface area contributed by atoms with E-state index in [2.05, 4.69) is 53.8 Å². The van der Waals surface area contributed by atoms with Crippen LogP contribution in [0.2, 0.25) is 0 Å². The summed E-state index contributed by atoms with van der Waals surface area (Å²) in [4.78, 5) is 0. The topological polar surface area (TPSA) is 12.0 Å². The molecule has 0 aromatic rings. The van der Waals surface area contributed by atoms with Crippen LogP contribution in [0.15, 0.2) is 0 Å². The Hall–Kier alpha value is -0.0400. The number of rotatable bonds is 8. The van der Waals surface area contributed by atoms with E-state index in [-0.39, 0.29) is 0 Å². The molecular formula is C16H35N. The summed E-state index contributed by atoms with van der Waals surface area (Å²) in [6.07, 6.45) is 5.31. The lowest BCUT2D eigenvalue weighted by molar-refractivity contribution is 0.207. The summed E-state index contributed by atoms with van der Waals surface area (Å²) in [5.74, 6) is 0.753.